The van der Waals surface area contributed by atoms with Crippen molar-refractivity contribution in [3.63, 3.8) is 0 Å². The van der Waals surface area contributed by atoms with E-state index in [0.29, 0.717) is 56.3 Å². The van der Waals surface area contributed by atoms with Gasteiger partial charge < -0.3 is 14.7 Å². The second-order valence-corrected chi connectivity index (χ2v) is 11.2. The molecule has 6 atom stereocenters. The van der Waals surface area contributed by atoms with Crippen LogP contribution in [0.15, 0.2) is 54.2 Å². The van der Waals surface area contributed by atoms with Crippen molar-refractivity contribution in [3.8, 4) is 0 Å². The predicted molar refractivity (Wildman–Crippen MR) is 135 cm³/mol. The number of aliphatic hydroxyl groups is 1. The van der Waals surface area contributed by atoms with Crippen molar-refractivity contribution in [2.75, 3.05) is 6.54 Å². The number of ether oxygens (including phenoxy) is 1. The van der Waals surface area contributed by atoms with Crippen molar-refractivity contribution in [1.29, 1.82) is 0 Å². The van der Waals surface area contributed by atoms with E-state index >= 15 is 0 Å². The van der Waals surface area contributed by atoms with Gasteiger partial charge in [-0.1, -0.05) is 12.1 Å². The van der Waals surface area contributed by atoms with Crippen molar-refractivity contribution in [2.24, 2.45) is 11.8 Å². The number of aliphatic hydroxyl groups excluding tert-OH is 1. The van der Waals surface area contributed by atoms with Crippen LogP contribution in [0.2, 0.25) is 0 Å². The Labute approximate surface area is 232 Å². The van der Waals surface area contributed by atoms with Crippen LogP contribution in [0, 0.1) is 17.7 Å². The Morgan fingerprint density at radius 1 is 0.927 bits per heavy atom. The molecule has 4 nitrogen and oxygen atoms in total. The molecule has 41 heavy (non-hydrogen) atoms. The minimum atomic E-state index is -4.98. The molecule has 0 amide bonds. The summed E-state index contributed by atoms with van der Waals surface area (Å²) in [5.41, 5.74) is -1.65. The van der Waals surface area contributed by atoms with Crippen LogP contribution in [0.4, 0.5) is 30.7 Å². The highest BCUT2D eigenvalue weighted by molar-refractivity contribution is 5.91. The van der Waals surface area contributed by atoms with E-state index < -0.39 is 53.7 Å². The summed E-state index contributed by atoms with van der Waals surface area (Å²) >= 11 is 0. The molecule has 2 aromatic rings. The molecular formula is C30H30F7NO3. The van der Waals surface area contributed by atoms with Gasteiger partial charge in [0.15, 0.2) is 5.78 Å². The molecule has 2 fully saturated rings. The highest BCUT2D eigenvalue weighted by atomic mass is 19.4. The van der Waals surface area contributed by atoms with E-state index in [0.717, 1.165) is 5.70 Å². The third-order valence-corrected chi connectivity index (χ3v) is 8.57. The number of alkyl halides is 6. The van der Waals surface area contributed by atoms with Crippen molar-refractivity contribution in [1.82, 2.24) is 4.90 Å². The molecule has 1 saturated carbocycles. The fourth-order valence-corrected chi connectivity index (χ4v) is 6.62. The van der Waals surface area contributed by atoms with E-state index in [-0.39, 0.29) is 29.2 Å². The molecule has 0 radical (unpaired) electrons. The number of hydrogen-bond donors (Lipinski definition) is 1. The lowest BCUT2D eigenvalue weighted by Gasteiger charge is -2.41. The first-order chi connectivity index (χ1) is 19.2. The van der Waals surface area contributed by atoms with Crippen LogP contribution in [0.1, 0.15) is 73.3 Å². The highest BCUT2D eigenvalue weighted by Gasteiger charge is 2.51. The topological polar surface area (TPSA) is 49.8 Å². The number of halogens is 7. The van der Waals surface area contributed by atoms with E-state index in [9.17, 15) is 40.6 Å². The summed E-state index contributed by atoms with van der Waals surface area (Å²) in [6.45, 7) is 1.79. The fourth-order valence-electron chi connectivity index (χ4n) is 6.62. The smallest absolute Gasteiger partial charge is 0.373 e. The summed E-state index contributed by atoms with van der Waals surface area (Å²) < 4.78 is 101. The molecule has 1 N–H and O–H groups in total. The van der Waals surface area contributed by atoms with Gasteiger partial charge in [0.1, 0.15) is 12.0 Å². The average molecular weight is 586 g/mol. The summed E-state index contributed by atoms with van der Waals surface area (Å²) in [4.78, 5) is 13.9. The lowest BCUT2D eigenvalue weighted by Crippen LogP contribution is -2.39. The zero-order valence-corrected chi connectivity index (χ0v) is 22.2. The minimum Gasteiger partial charge on any atom is -0.373 e. The number of fused-ring (bicyclic) bond motifs is 1. The first-order valence-corrected chi connectivity index (χ1v) is 13.6. The van der Waals surface area contributed by atoms with Gasteiger partial charge >= 0.3 is 12.4 Å². The van der Waals surface area contributed by atoms with Gasteiger partial charge in [-0.25, -0.2) is 4.39 Å². The molecular weight excluding hydrogens is 555 g/mol. The Morgan fingerprint density at radius 2 is 1.56 bits per heavy atom. The first-order valence-electron chi connectivity index (χ1n) is 13.6. The molecule has 11 heteroatoms. The molecule has 1 unspecified atom stereocenters. The van der Waals surface area contributed by atoms with Crippen molar-refractivity contribution in [2.45, 2.75) is 75.7 Å². The Balaban J connectivity index is 1.47. The van der Waals surface area contributed by atoms with Gasteiger partial charge in [-0.15, -0.1) is 0 Å². The number of nitrogens with zero attached hydrogens (tertiary/aromatic N) is 1. The summed E-state index contributed by atoms with van der Waals surface area (Å²) in [7, 11) is 0. The number of carbonyl (C=O) groups is 1. The van der Waals surface area contributed by atoms with Crippen molar-refractivity contribution >= 4 is 5.78 Å². The standard InChI is InChI=1S/C30H30F7NO3/c1-16(18-11-19(29(32,33)34)13-20(12-18)30(35,36)37)41-26-10-9-24-25(27(26)17-5-7-21(31)8-6-17)15-38(28(24)40)22-3-2-4-23(39)14-22/h5-8,11-14,16,24-28,40H,2-4,9-10,15H2,1H3/t16-,24+,25-,26+,27+,28?/m1/s1. The normalized spacial score (nSPS) is 27.9. The molecule has 5 rings (SSSR count). The SMILES string of the molecule is C[C@@H](O[C@H]1CC[C@@H]2C(O)N(C3=CC(=O)CCC3)C[C@H]2[C@@H]1c1ccc(F)cc1)c1cc(C(F)(F)F)cc(C(F)(F)F)c1. The van der Waals surface area contributed by atoms with Crippen LogP contribution >= 0.6 is 0 Å². The van der Waals surface area contributed by atoms with Gasteiger partial charge in [0.05, 0.1) is 23.3 Å². The zero-order valence-electron chi connectivity index (χ0n) is 22.2. The maximum atomic E-state index is 13.8. The van der Waals surface area contributed by atoms with E-state index in [1.165, 1.54) is 19.1 Å². The van der Waals surface area contributed by atoms with Gasteiger partial charge in [-0.2, -0.15) is 26.3 Å². The molecule has 1 aliphatic heterocycles. The minimum absolute atomic E-state index is 0.0160. The second kappa shape index (κ2) is 11.1. The fraction of sp³-hybridized carbons (Fsp3) is 0.500. The lowest BCUT2D eigenvalue weighted by atomic mass is 9.69. The molecule has 0 bridgehead atoms. The van der Waals surface area contributed by atoms with Gasteiger partial charge in [0.25, 0.3) is 0 Å². The number of rotatable bonds is 5. The maximum absolute atomic E-state index is 13.8. The number of carbonyl (C=O) groups excluding carboxylic acids is 1. The van der Waals surface area contributed by atoms with Crippen LogP contribution < -0.4 is 0 Å². The van der Waals surface area contributed by atoms with Gasteiger partial charge in [0, 0.05) is 36.6 Å². The third-order valence-electron chi connectivity index (χ3n) is 8.57. The Bertz CT molecular complexity index is 1270. The van der Waals surface area contributed by atoms with Crippen LogP contribution in [-0.2, 0) is 21.9 Å². The first kappa shape index (κ1) is 29.6. The van der Waals surface area contributed by atoms with Crippen LogP contribution in [0.5, 0.6) is 0 Å². The molecule has 0 aromatic heterocycles. The second-order valence-electron chi connectivity index (χ2n) is 11.2. The summed E-state index contributed by atoms with van der Waals surface area (Å²) in [5.74, 6) is -1.34. The summed E-state index contributed by atoms with van der Waals surface area (Å²) in [6.07, 6.45) is -8.41. The Hall–Kier alpha value is -2.92. The quantitative estimate of drug-likeness (QED) is 0.372. The van der Waals surface area contributed by atoms with E-state index in [2.05, 4.69) is 0 Å². The van der Waals surface area contributed by atoms with Gasteiger partial charge in [0.2, 0.25) is 0 Å². The summed E-state index contributed by atoms with van der Waals surface area (Å²) in [5, 5.41) is 11.3. The molecule has 2 aromatic carbocycles. The third kappa shape index (κ3) is 6.16. The number of allylic oxidation sites excluding steroid dienone is 2. The van der Waals surface area contributed by atoms with Crippen LogP contribution in [0.25, 0.3) is 0 Å². The Morgan fingerprint density at radius 3 is 2.15 bits per heavy atom. The van der Waals surface area contributed by atoms with E-state index in [1.54, 1.807) is 18.2 Å². The number of benzene rings is 2. The molecule has 2 aliphatic carbocycles. The highest BCUT2D eigenvalue weighted by Crippen LogP contribution is 2.51. The number of likely N-dealkylation sites (tertiary alicyclic amines) is 1. The molecule has 1 saturated heterocycles. The van der Waals surface area contributed by atoms with Crippen molar-refractivity contribution < 1.29 is 45.4 Å². The summed E-state index contributed by atoms with van der Waals surface area (Å²) in [6, 6.07) is 7.18. The van der Waals surface area contributed by atoms with Crippen LogP contribution in [0.3, 0.4) is 0 Å². The largest absolute Gasteiger partial charge is 0.416 e. The lowest BCUT2D eigenvalue weighted by molar-refractivity contribution is -0.143. The van der Waals surface area contributed by atoms with Gasteiger partial charge in [-0.3, -0.25) is 4.79 Å². The maximum Gasteiger partial charge on any atom is 0.416 e. The molecule has 3 aliphatic rings. The molecule has 1 heterocycles. The van der Waals surface area contributed by atoms with Gasteiger partial charge in [-0.05, 0) is 80.0 Å². The molecule has 222 valence electrons. The van der Waals surface area contributed by atoms with Crippen LogP contribution in [-0.4, -0.2) is 34.7 Å². The van der Waals surface area contributed by atoms with Crippen molar-refractivity contribution in [3.05, 3.63) is 82.3 Å². The monoisotopic (exact) mass is 585 g/mol. The predicted octanol–water partition coefficient (Wildman–Crippen LogP) is 7.39. The van der Waals surface area contributed by atoms with E-state index in [1.807, 2.05) is 4.90 Å². The zero-order chi connectivity index (χ0) is 29.7. The molecule has 0 spiro atoms. The number of ketones is 1. The van der Waals surface area contributed by atoms with E-state index in [4.69, 9.17) is 4.74 Å². The Kier molecular flexibility index (Phi) is 7.97. The average Bonchev–Trinajstić information content (AvgIpc) is 3.24. The number of hydrogen-bond acceptors (Lipinski definition) is 4.